The zero-order valence-corrected chi connectivity index (χ0v) is 13.2. The van der Waals surface area contributed by atoms with E-state index in [0.717, 1.165) is 17.3 Å². The second kappa shape index (κ2) is 7.44. The van der Waals surface area contributed by atoms with Gasteiger partial charge in [-0.3, -0.25) is 9.48 Å². The molecule has 116 valence electrons. The van der Waals surface area contributed by atoms with E-state index in [0.29, 0.717) is 25.9 Å². The molecular formula is C13H19BrN4O3. The van der Waals surface area contributed by atoms with E-state index in [1.54, 1.807) is 10.9 Å². The van der Waals surface area contributed by atoms with Gasteiger partial charge in [-0.05, 0) is 41.6 Å². The number of carbonyl (C=O) groups excluding carboxylic acids is 1. The van der Waals surface area contributed by atoms with Gasteiger partial charge in [0.25, 0.3) is 0 Å². The van der Waals surface area contributed by atoms with Gasteiger partial charge in [0.1, 0.15) is 0 Å². The predicted octanol–water partition coefficient (Wildman–Crippen LogP) is 1.59. The molecule has 0 bridgehead atoms. The zero-order valence-electron chi connectivity index (χ0n) is 11.6. The first kappa shape index (κ1) is 15.8. The average molecular weight is 359 g/mol. The summed E-state index contributed by atoms with van der Waals surface area (Å²) in [7, 11) is 0. The van der Waals surface area contributed by atoms with Crippen LogP contribution in [0.25, 0.3) is 0 Å². The molecule has 2 amide bonds. The highest BCUT2D eigenvalue weighted by Gasteiger charge is 2.26. The number of nitrogens with one attached hydrogen (secondary N) is 2. The van der Waals surface area contributed by atoms with Crippen LogP contribution in [0.5, 0.6) is 0 Å². The number of aromatic nitrogens is 2. The Bertz CT molecular complexity index is 497. The number of hydrogen-bond acceptors (Lipinski definition) is 3. The van der Waals surface area contributed by atoms with Gasteiger partial charge in [-0.15, -0.1) is 0 Å². The summed E-state index contributed by atoms with van der Waals surface area (Å²) < 4.78 is 2.64. The summed E-state index contributed by atoms with van der Waals surface area (Å²) in [6, 6.07) is -0.139. The van der Waals surface area contributed by atoms with E-state index in [2.05, 4.69) is 31.7 Å². The first-order valence-corrected chi connectivity index (χ1v) is 7.79. The van der Waals surface area contributed by atoms with Crippen LogP contribution >= 0.6 is 15.9 Å². The van der Waals surface area contributed by atoms with Crippen LogP contribution in [0, 0.1) is 5.92 Å². The van der Waals surface area contributed by atoms with Crippen molar-refractivity contribution >= 4 is 27.9 Å². The Morgan fingerprint density at radius 1 is 1.38 bits per heavy atom. The third kappa shape index (κ3) is 5.04. The van der Waals surface area contributed by atoms with Crippen molar-refractivity contribution < 1.29 is 14.7 Å². The number of aliphatic carboxylic acids is 1. The normalized spacial score (nSPS) is 21.8. The monoisotopic (exact) mass is 358 g/mol. The molecule has 0 aromatic carbocycles. The fourth-order valence-electron chi connectivity index (χ4n) is 2.47. The third-order valence-electron chi connectivity index (χ3n) is 3.64. The Labute approximate surface area is 131 Å². The van der Waals surface area contributed by atoms with Gasteiger partial charge >= 0.3 is 12.0 Å². The highest BCUT2D eigenvalue weighted by Crippen LogP contribution is 2.24. The number of hydrogen-bond donors (Lipinski definition) is 3. The Morgan fingerprint density at radius 3 is 2.67 bits per heavy atom. The molecule has 7 nitrogen and oxygen atoms in total. The Kier molecular flexibility index (Phi) is 5.60. The number of rotatable bonds is 5. The number of nitrogens with zero attached hydrogens (tertiary/aromatic N) is 2. The predicted molar refractivity (Wildman–Crippen MR) is 79.8 cm³/mol. The maximum atomic E-state index is 11.7. The first-order chi connectivity index (χ1) is 10.0. The molecule has 2 rings (SSSR count). The van der Waals surface area contributed by atoms with Crippen molar-refractivity contribution in [2.24, 2.45) is 5.92 Å². The lowest BCUT2D eigenvalue weighted by Gasteiger charge is -2.26. The van der Waals surface area contributed by atoms with E-state index in [4.69, 9.17) is 5.11 Å². The third-order valence-corrected chi connectivity index (χ3v) is 4.05. The van der Waals surface area contributed by atoms with Crippen LogP contribution in [-0.4, -0.2) is 39.5 Å². The van der Waals surface area contributed by atoms with Crippen LogP contribution in [0.4, 0.5) is 4.79 Å². The minimum Gasteiger partial charge on any atom is -0.481 e. The number of urea groups is 1. The molecule has 1 fully saturated rings. The van der Waals surface area contributed by atoms with Gasteiger partial charge in [0.15, 0.2) is 0 Å². The van der Waals surface area contributed by atoms with Crippen molar-refractivity contribution in [3.05, 3.63) is 16.9 Å². The van der Waals surface area contributed by atoms with Gasteiger partial charge in [0, 0.05) is 18.8 Å². The van der Waals surface area contributed by atoms with Crippen molar-refractivity contribution in [3.63, 3.8) is 0 Å². The Hall–Kier alpha value is -1.57. The standard InChI is InChI=1S/C13H19BrN4O3/c14-10-7-16-18(8-10)6-5-15-13(21)17-11-3-1-9(2-4-11)12(19)20/h7-9,11H,1-6H2,(H,19,20)(H2,15,17,21). The largest absolute Gasteiger partial charge is 0.481 e. The maximum absolute atomic E-state index is 11.7. The molecule has 0 atom stereocenters. The Balaban J connectivity index is 1.62. The molecule has 0 spiro atoms. The van der Waals surface area contributed by atoms with Crippen LogP contribution in [0.1, 0.15) is 25.7 Å². The number of carboxylic acid groups (broad SMARTS) is 1. The first-order valence-electron chi connectivity index (χ1n) is 6.99. The molecular weight excluding hydrogens is 340 g/mol. The summed E-state index contributed by atoms with van der Waals surface area (Å²) >= 11 is 3.31. The highest BCUT2D eigenvalue weighted by molar-refractivity contribution is 9.10. The van der Waals surface area contributed by atoms with E-state index >= 15 is 0 Å². The van der Waals surface area contributed by atoms with Crippen LogP contribution in [-0.2, 0) is 11.3 Å². The zero-order chi connectivity index (χ0) is 15.2. The average Bonchev–Trinajstić information content (AvgIpc) is 2.85. The maximum Gasteiger partial charge on any atom is 0.315 e. The second-order valence-corrected chi connectivity index (χ2v) is 6.12. The number of amides is 2. The number of carboxylic acids is 1. The van der Waals surface area contributed by atoms with Crippen LogP contribution in [0.15, 0.2) is 16.9 Å². The van der Waals surface area contributed by atoms with Crippen molar-refractivity contribution in [2.75, 3.05) is 6.54 Å². The summed E-state index contributed by atoms with van der Waals surface area (Å²) in [5, 5.41) is 18.7. The summed E-state index contributed by atoms with van der Waals surface area (Å²) in [4.78, 5) is 22.6. The van der Waals surface area contributed by atoms with Crippen LogP contribution < -0.4 is 10.6 Å². The number of carbonyl (C=O) groups is 2. The fourth-order valence-corrected chi connectivity index (χ4v) is 2.79. The van der Waals surface area contributed by atoms with E-state index in [-0.39, 0.29) is 18.0 Å². The lowest BCUT2D eigenvalue weighted by Crippen LogP contribution is -2.44. The SMILES string of the molecule is O=C(NCCn1cc(Br)cn1)NC1CCC(C(=O)O)CC1. The summed E-state index contributed by atoms with van der Waals surface area (Å²) in [6.45, 7) is 1.09. The van der Waals surface area contributed by atoms with Gasteiger partial charge in [-0.25, -0.2) is 4.79 Å². The van der Waals surface area contributed by atoms with Gasteiger partial charge in [0.2, 0.25) is 0 Å². The molecule has 1 aliphatic rings. The molecule has 0 unspecified atom stereocenters. The minimum atomic E-state index is -0.733. The van der Waals surface area contributed by atoms with Crippen molar-refractivity contribution in [1.29, 1.82) is 0 Å². The quantitative estimate of drug-likeness (QED) is 0.744. The number of halogens is 1. The molecule has 1 aliphatic carbocycles. The summed E-state index contributed by atoms with van der Waals surface area (Å²) in [6.07, 6.45) is 6.23. The van der Waals surface area contributed by atoms with E-state index in [1.807, 2.05) is 6.20 Å². The molecule has 0 radical (unpaired) electrons. The molecule has 1 aromatic heterocycles. The van der Waals surface area contributed by atoms with Crippen LogP contribution in [0.3, 0.4) is 0 Å². The molecule has 8 heteroatoms. The summed E-state index contributed by atoms with van der Waals surface area (Å²) in [5.41, 5.74) is 0. The van der Waals surface area contributed by atoms with Crippen molar-refractivity contribution in [3.8, 4) is 0 Å². The molecule has 1 aromatic rings. The Morgan fingerprint density at radius 2 is 2.10 bits per heavy atom. The second-order valence-electron chi connectivity index (χ2n) is 5.21. The highest BCUT2D eigenvalue weighted by atomic mass is 79.9. The van der Waals surface area contributed by atoms with E-state index < -0.39 is 5.97 Å². The van der Waals surface area contributed by atoms with Gasteiger partial charge < -0.3 is 15.7 Å². The molecule has 3 N–H and O–H groups in total. The molecule has 1 saturated carbocycles. The molecule has 1 heterocycles. The lowest BCUT2D eigenvalue weighted by atomic mass is 9.86. The fraction of sp³-hybridized carbons (Fsp3) is 0.615. The van der Waals surface area contributed by atoms with Gasteiger partial charge in [-0.2, -0.15) is 5.10 Å². The van der Waals surface area contributed by atoms with Gasteiger partial charge in [-0.1, -0.05) is 0 Å². The minimum absolute atomic E-state index is 0.0689. The van der Waals surface area contributed by atoms with E-state index in [1.165, 1.54) is 0 Å². The molecule has 21 heavy (non-hydrogen) atoms. The summed E-state index contributed by atoms with van der Waals surface area (Å²) in [5.74, 6) is -0.993. The van der Waals surface area contributed by atoms with Crippen molar-refractivity contribution in [2.45, 2.75) is 38.3 Å². The topological polar surface area (TPSA) is 96.3 Å². The molecule has 0 aliphatic heterocycles. The van der Waals surface area contributed by atoms with Gasteiger partial charge in [0.05, 0.1) is 23.1 Å². The lowest BCUT2D eigenvalue weighted by molar-refractivity contribution is -0.142. The van der Waals surface area contributed by atoms with Crippen LogP contribution in [0.2, 0.25) is 0 Å². The smallest absolute Gasteiger partial charge is 0.315 e. The molecule has 0 saturated heterocycles. The van der Waals surface area contributed by atoms with E-state index in [9.17, 15) is 9.59 Å². The van der Waals surface area contributed by atoms with Crippen molar-refractivity contribution in [1.82, 2.24) is 20.4 Å².